The zero-order valence-electron chi connectivity index (χ0n) is 9.12. The molecule has 1 rings (SSSR count). The molecule has 0 bridgehead atoms. The van der Waals surface area contributed by atoms with Crippen molar-refractivity contribution in [2.75, 3.05) is 26.7 Å². The van der Waals surface area contributed by atoms with Crippen molar-refractivity contribution in [3.63, 3.8) is 0 Å². The molecule has 0 radical (unpaired) electrons. The quantitative estimate of drug-likeness (QED) is 0.463. The molecule has 0 N–H and O–H groups in total. The van der Waals surface area contributed by atoms with E-state index < -0.39 is 0 Å². The van der Waals surface area contributed by atoms with E-state index in [-0.39, 0.29) is 12.4 Å². The van der Waals surface area contributed by atoms with Crippen molar-refractivity contribution in [1.82, 2.24) is 0 Å². The van der Waals surface area contributed by atoms with E-state index in [0.29, 0.717) is 5.25 Å². The number of hydrogen-bond donors (Lipinski definition) is 1. The molecule has 0 saturated carbocycles. The second-order valence-corrected chi connectivity index (χ2v) is 4.91. The summed E-state index contributed by atoms with van der Waals surface area (Å²) in [5, 5.41) is 0.578. The fourth-order valence-electron chi connectivity index (χ4n) is 1.69. The van der Waals surface area contributed by atoms with Gasteiger partial charge in [0.05, 0.1) is 20.1 Å². The number of likely N-dealkylation sites (N-methyl/N-ethyl adjacent to an activating group) is 1. The van der Waals surface area contributed by atoms with Crippen molar-refractivity contribution in [3.05, 3.63) is 0 Å². The maximum absolute atomic E-state index is 4.57. The first-order chi connectivity index (χ1) is 6.16. The molecule has 2 atom stereocenters. The van der Waals surface area contributed by atoms with Crippen molar-refractivity contribution in [3.8, 4) is 0 Å². The predicted octanol–water partition coefficient (Wildman–Crippen LogP) is -1.03. The molecule has 4 heteroatoms. The summed E-state index contributed by atoms with van der Waals surface area (Å²) in [5.41, 5.74) is 0. The number of hydrogen-bond acceptors (Lipinski definition) is 2. The molecule has 0 aliphatic carbocycles. The van der Waals surface area contributed by atoms with Gasteiger partial charge in [0.15, 0.2) is 6.34 Å². The molecule has 84 valence electrons. The molecule has 1 aliphatic heterocycles. The van der Waals surface area contributed by atoms with Gasteiger partial charge in [-0.1, -0.05) is 13.3 Å². The van der Waals surface area contributed by atoms with E-state index in [1.807, 2.05) is 0 Å². The Hall–Kier alpha value is 0.270. The van der Waals surface area contributed by atoms with Crippen molar-refractivity contribution in [2.45, 2.75) is 31.4 Å². The summed E-state index contributed by atoms with van der Waals surface area (Å²) in [4.78, 5) is 4.28. The third-order valence-corrected chi connectivity index (χ3v) is 3.21. The van der Waals surface area contributed by atoms with E-state index >= 15 is 0 Å². The molecule has 2 unspecified atom stereocenters. The Kier molecular flexibility index (Phi) is 6.83. The van der Waals surface area contributed by atoms with Gasteiger partial charge in [0.2, 0.25) is 0 Å². The molecule has 14 heavy (non-hydrogen) atoms. The molecule has 1 aliphatic rings. The minimum atomic E-state index is 0. The zero-order chi connectivity index (χ0) is 9.73. The van der Waals surface area contributed by atoms with E-state index in [4.69, 9.17) is 0 Å². The highest BCUT2D eigenvalue weighted by Gasteiger charge is 2.23. The summed E-state index contributed by atoms with van der Waals surface area (Å²) < 4.78 is 1.01. The van der Waals surface area contributed by atoms with Gasteiger partial charge in [0.1, 0.15) is 6.54 Å². The Bertz CT molecular complexity index is 187. The van der Waals surface area contributed by atoms with Gasteiger partial charge in [-0.25, -0.2) is 4.99 Å². The highest BCUT2D eigenvalue weighted by atomic mass is 35.5. The van der Waals surface area contributed by atoms with Crippen LogP contribution >= 0.6 is 12.6 Å². The lowest BCUT2D eigenvalue weighted by Gasteiger charge is -2.25. The number of aliphatic imine (C=N–C) groups is 1. The molecular formula is C10H21ClN2S. The van der Waals surface area contributed by atoms with Crippen molar-refractivity contribution in [2.24, 2.45) is 4.99 Å². The Morgan fingerprint density at radius 3 is 2.71 bits per heavy atom. The molecule has 0 fully saturated rings. The highest BCUT2D eigenvalue weighted by Crippen LogP contribution is 2.13. The maximum atomic E-state index is 4.57. The van der Waals surface area contributed by atoms with Crippen molar-refractivity contribution in [1.29, 1.82) is 0 Å². The summed E-state index contributed by atoms with van der Waals surface area (Å²) in [6.07, 6.45) is 5.78. The first kappa shape index (κ1) is 14.3. The smallest absolute Gasteiger partial charge is 0.185 e. The molecule has 0 saturated heterocycles. The SMILES string of the molecule is CCCC(S)CC[N+]1(C)C=NCC1.[Cl-]. The van der Waals surface area contributed by atoms with Gasteiger partial charge in [-0.2, -0.15) is 12.6 Å². The number of quaternary nitrogens is 1. The lowest BCUT2D eigenvalue weighted by Crippen LogP contribution is -3.00. The summed E-state index contributed by atoms with van der Waals surface area (Å²) >= 11 is 4.57. The Morgan fingerprint density at radius 2 is 2.21 bits per heavy atom. The van der Waals surface area contributed by atoms with E-state index in [2.05, 4.69) is 37.9 Å². The first-order valence-electron chi connectivity index (χ1n) is 5.19. The van der Waals surface area contributed by atoms with Crippen LogP contribution in [-0.2, 0) is 0 Å². The van der Waals surface area contributed by atoms with E-state index in [1.165, 1.54) is 32.4 Å². The summed E-state index contributed by atoms with van der Waals surface area (Å²) in [7, 11) is 2.25. The zero-order valence-corrected chi connectivity index (χ0v) is 10.8. The average Bonchev–Trinajstić information content (AvgIpc) is 2.51. The maximum Gasteiger partial charge on any atom is 0.185 e. The third kappa shape index (κ3) is 4.67. The molecule has 0 spiro atoms. The largest absolute Gasteiger partial charge is 1.00 e. The minimum absolute atomic E-state index is 0. The van der Waals surface area contributed by atoms with Crippen LogP contribution in [0.15, 0.2) is 4.99 Å². The summed E-state index contributed by atoms with van der Waals surface area (Å²) in [5.74, 6) is 0. The van der Waals surface area contributed by atoms with E-state index in [9.17, 15) is 0 Å². The van der Waals surface area contributed by atoms with Crippen LogP contribution in [0, 0.1) is 0 Å². The number of thiol groups is 1. The van der Waals surface area contributed by atoms with Crippen LogP contribution in [0.2, 0.25) is 0 Å². The topological polar surface area (TPSA) is 12.4 Å². The second kappa shape index (κ2) is 6.70. The summed E-state index contributed by atoms with van der Waals surface area (Å²) in [6.45, 7) is 5.59. The normalized spacial score (nSPS) is 27.4. The number of nitrogens with zero attached hydrogens (tertiary/aromatic N) is 2. The van der Waals surface area contributed by atoms with Crippen LogP contribution < -0.4 is 12.4 Å². The molecule has 0 aromatic rings. The predicted molar refractivity (Wildman–Crippen MR) is 61.6 cm³/mol. The van der Waals surface area contributed by atoms with Gasteiger partial charge in [0, 0.05) is 11.7 Å². The number of halogens is 1. The van der Waals surface area contributed by atoms with Crippen molar-refractivity contribution < 1.29 is 16.9 Å². The van der Waals surface area contributed by atoms with Gasteiger partial charge >= 0.3 is 0 Å². The van der Waals surface area contributed by atoms with Gasteiger partial charge in [-0.3, -0.25) is 4.48 Å². The Balaban J connectivity index is 0.00000169. The fraction of sp³-hybridized carbons (Fsp3) is 0.900. The van der Waals surface area contributed by atoms with Crippen LogP contribution in [-0.4, -0.2) is 42.8 Å². The van der Waals surface area contributed by atoms with Crippen LogP contribution in [0.5, 0.6) is 0 Å². The monoisotopic (exact) mass is 236 g/mol. The Labute approximate surface area is 99.2 Å². The molecule has 0 aromatic carbocycles. The average molecular weight is 237 g/mol. The molecule has 0 amide bonds. The standard InChI is InChI=1S/C10H20N2S.ClH/c1-3-4-10(13)5-7-12(2)8-6-11-9-12;/h9-10H,3-8H2,1-2H3;1H. The van der Waals surface area contributed by atoms with E-state index in [0.717, 1.165) is 11.0 Å². The minimum Gasteiger partial charge on any atom is -1.00 e. The van der Waals surface area contributed by atoms with Crippen LogP contribution in [0.1, 0.15) is 26.2 Å². The van der Waals surface area contributed by atoms with Gasteiger partial charge in [-0.15, -0.1) is 0 Å². The lowest BCUT2D eigenvalue weighted by atomic mass is 10.2. The third-order valence-electron chi connectivity index (χ3n) is 2.70. The molecule has 1 heterocycles. The first-order valence-corrected chi connectivity index (χ1v) is 5.71. The Morgan fingerprint density at radius 1 is 1.50 bits per heavy atom. The van der Waals surface area contributed by atoms with Gasteiger partial charge in [-0.05, 0) is 6.42 Å². The molecule has 2 nitrogen and oxygen atoms in total. The second-order valence-electron chi connectivity index (χ2n) is 4.18. The van der Waals surface area contributed by atoms with Crippen LogP contribution in [0.25, 0.3) is 0 Å². The summed E-state index contributed by atoms with van der Waals surface area (Å²) in [6, 6.07) is 0. The molecule has 0 aromatic heterocycles. The van der Waals surface area contributed by atoms with Crippen LogP contribution in [0.3, 0.4) is 0 Å². The van der Waals surface area contributed by atoms with E-state index in [1.54, 1.807) is 0 Å². The van der Waals surface area contributed by atoms with Crippen molar-refractivity contribution >= 4 is 19.0 Å². The molecular weight excluding hydrogens is 216 g/mol. The highest BCUT2D eigenvalue weighted by molar-refractivity contribution is 7.80. The van der Waals surface area contributed by atoms with Gasteiger partial charge in [0.25, 0.3) is 0 Å². The number of rotatable bonds is 5. The van der Waals surface area contributed by atoms with Gasteiger partial charge < -0.3 is 12.4 Å². The van der Waals surface area contributed by atoms with Crippen LogP contribution in [0.4, 0.5) is 0 Å². The lowest BCUT2D eigenvalue weighted by molar-refractivity contribution is -0.807. The fourth-order valence-corrected chi connectivity index (χ4v) is 2.06.